The highest BCUT2D eigenvalue weighted by Crippen LogP contribution is 2.67. The Morgan fingerprint density at radius 1 is 1.06 bits per heavy atom. The van der Waals surface area contributed by atoms with Gasteiger partial charge in [0.25, 0.3) is 0 Å². The maximum absolute atomic E-state index is 12.5. The summed E-state index contributed by atoms with van der Waals surface area (Å²) in [5.74, 6) is 1.53. The SMILES string of the molecule is COC1(OC2CC[C@H]3[C@@H]4CCC5=CC(=O)CC(C)[C@]5(COC(C)=O)[C@@H]4CC[C@]23C)CCCCC1. The van der Waals surface area contributed by atoms with Crippen molar-refractivity contribution >= 4 is 11.8 Å². The van der Waals surface area contributed by atoms with Gasteiger partial charge in [0.15, 0.2) is 11.6 Å². The van der Waals surface area contributed by atoms with E-state index in [4.69, 9.17) is 14.2 Å². The summed E-state index contributed by atoms with van der Waals surface area (Å²) < 4.78 is 18.7. The van der Waals surface area contributed by atoms with E-state index in [0.717, 1.165) is 44.9 Å². The van der Waals surface area contributed by atoms with Gasteiger partial charge in [0.2, 0.25) is 0 Å². The molecule has 5 aliphatic rings. The highest BCUT2D eigenvalue weighted by atomic mass is 16.7. The molecule has 0 aromatic heterocycles. The highest BCUT2D eigenvalue weighted by molar-refractivity contribution is 5.92. The minimum Gasteiger partial charge on any atom is -0.465 e. The summed E-state index contributed by atoms with van der Waals surface area (Å²) in [4.78, 5) is 24.4. The summed E-state index contributed by atoms with van der Waals surface area (Å²) >= 11 is 0. The van der Waals surface area contributed by atoms with Crippen LogP contribution in [0.3, 0.4) is 0 Å². The van der Waals surface area contributed by atoms with Crippen LogP contribution in [0, 0.1) is 34.5 Å². The maximum atomic E-state index is 12.5. The second kappa shape index (κ2) is 9.03. The lowest BCUT2D eigenvalue weighted by Crippen LogP contribution is -2.57. The Bertz CT molecular complexity index is 841. The van der Waals surface area contributed by atoms with Gasteiger partial charge in [0.05, 0.1) is 6.10 Å². The molecule has 7 atom stereocenters. The normalized spacial score (nSPS) is 43.4. The lowest BCUT2D eigenvalue weighted by molar-refractivity contribution is -0.280. The summed E-state index contributed by atoms with van der Waals surface area (Å²) in [7, 11) is 1.83. The molecule has 4 saturated carbocycles. The number of rotatable bonds is 5. The lowest BCUT2D eigenvalue weighted by atomic mass is 9.45. The number of hydrogen-bond acceptors (Lipinski definition) is 5. The average Bonchev–Trinajstić information content (AvgIpc) is 3.14. The Balaban J connectivity index is 1.42. The van der Waals surface area contributed by atoms with E-state index in [1.54, 1.807) is 0 Å². The first-order valence-electron chi connectivity index (χ1n) is 13.8. The summed E-state index contributed by atoms with van der Waals surface area (Å²) in [6.45, 7) is 6.64. The third kappa shape index (κ3) is 3.80. The maximum Gasteiger partial charge on any atom is 0.302 e. The molecule has 5 heteroatoms. The molecule has 0 aliphatic heterocycles. The first-order chi connectivity index (χ1) is 16.2. The van der Waals surface area contributed by atoms with Crippen molar-refractivity contribution in [2.24, 2.45) is 34.5 Å². The number of hydrogen-bond donors (Lipinski definition) is 0. The molecule has 190 valence electrons. The number of ether oxygens (including phenoxy) is 3. The number of ketones is 1. The fourth-order valence-electron chi connectivity index (χ4n) is 9.18. The molecular weight excluding hydrogens is 428 g/mol. The van der Waals surface area contributed by atoms with Crippen LogP contribution in [-0.4, -0.2) is 37.4 Å². The molecule has 0 radical (unpaired) electrons. The topological polar surface area (TPSA) is 61.8 Å². The van der Waals surface area contributed by atoms with E-state index in [0.29, 0.717) is 30.8 Å². The van der Waals surface area contributed by atoms with Crippen molar-refractivity contribution in [2.75, 3.05) is 13.7 Å². The van der Waals surface area contributed by atoms with E-state index < -0.39 is 5.79 Å². The van der Waals surface area contributed by atoms with Gasteiger partial charge >= 0.3 is 5.97 Å². The minimum absolute atomic E-state index is 0.168. The number of esters is 1. The molecule has 5 aliphatic carbocycles. The summed E-state index contributed by atoms with van der Waals surface area (Å²) in [5.41, 5.74) is 1.25. The van der Waals surface area contributed by atoms with Gasteiger partial charge in [-0.25, -0.2) is 0 Å². The van der Waals surface area contributed by atoms with Crippen LogP contribution >= 0.6 is 0 Å². The van der Waals surface area contributed by atoms with Gasteiger partial charge in [-0.3, -0.25) is 9.59 Å². The molecule has 0 saturated heterocycles. The van der Waals surface area contributed by atoms with Gasteiger partial charge in [0, 0.05) is 38.7 Å². The van der Waals surface area contributed by atoms with E-state index in [1.807, 2.05) is 13.2 Å². The van der Waals surface area contributed by atoms with Crippen molar-refractivity contribution in [3.05, 3.63) is 11.6 Å². The van der Waals surface area contributed by atoms with Crippen LogP contribution in [0.15, 0.2) is 11.6 Å². The number of methoxy groups -OCH3 is 1. The van der Waals surface area contributed by atoms with Crippen molar-refractivity contribution in [1.82, 2.24) is 0 Å². The van der Waals surface area contributed by atoms with Gasteiger partial charge in [-0.2, -0.15) is 0 Å². The smallest absolute Gasteiger partial charge is 0.302 e. The first-order valence-corrected chi connectivity index (χ1v) is 13.8. The van der Waals surface area contributed by atoms with Crippen molar-refractivity contribution in [1.29, 1.82) is 0 Å². The van der Waals surface area contributed by atoms with E-state index in [1.165, 1.54) is 38.2 Å². The van der Waals surface area contributed by atoms with Crippen LogP contribution in [0.2, 0.25) is 0 Å². The second-order valence-electron chi connectivity index (χ2n) is 12.4. The molecule has 0 aromatic rings. The first kappa shape index (κ1) is 24.5. The molecule has 0 spiro atoms. The standard InChI is InChI=1S/C29H44O5/c1-19-16-22(31)17-21-8-9-23-24-10-11-26(34-28(32-4)13-6-5-7-14-28)27(24,3)15-12-25(23)29(19,21)18-33-20(2)30/h17,19,23-26H,5-16,18H2,1-4H3/t19?,23-,24-,25+,26?,27-,29-/m0/s1. The van der Waals surface area contributed by atoms with Gasteiger partial charge < -0.3 is 14.2 Å². The van der Waals surface area contributed by atoms with Gasteiger partial charge in [-0.05, 0) is 86.5 Å². The quantitative estimate of drug-likeness (QED) is 0.363. The molecule has 0 amide bonds. The van der Waals surface area contributed by atoms with Crippen molar-refractivity contribution < 1.29 is 23.8 Å². The Hall–Kier alpha value is -1.20. The predicted molar refractivity (Wildman–Crippen MR) is 130 cm³/mol. The molecule has 0 heterocycles. The zero-order valence-electron chi connectivity index (χ0n) is 21.7. The molecule has 0 aromatic carbocycles. The van der Waals surface area contributed by atoms with Crippen LogP contribution in [0.4, 0.5) is 0 Å². The van der Waals surface area contributed by atoms with Crippen molar-refractivity contribution in [2.45, 2.75) is 110 Å². The van der Waals surface area contributed by atoms with E-state index in [-0.39, 0.29) is 34.6 Å². The van der Waals surface area contributed by atoms with Crippen molar-refractivity contribution in [3.8, 4) is 0 Å². The molecular formula is C29H44O5. The summed E-state index contributed by atoms with van der Waals surface area (Å²) in [5, 5.41) is 0. The van der Waals surface area contributed by atoms with E-state index in [9.17, 15) is 9.59 Å². The number of carbonyl (C=O) groups excluding carboxylic acids is 2. The zero-order chi connectivity index (χ0) is 24.1. The fourth-order valence-corrected chi connectivity index (χ4v) is 9.18. The van der Waals surface area contributed by atoms with E-state index >= 15 is 0 Å². The molecule has 5 rings (SSSR count). The van der Waals surface area contributed by atoms with E-state index in [2.05, 4.69) is 13.8 Å². The summed E-state index contributed by atoms with van der Waals surface area (Å²) in [6.07, 6.45) is 15.1. The largest absolute Gasteiger partial charge is 0.465 e. The predicted octanol–water partition coefficient (Wildman–Crippen LogP) is 6.00. The van der Waals surface area contributed by atoms with Crippen LogP contribution in [0.1, 0.15) is 97.8 Å². The number of carbonyl (C=O) groups is 2. The third-order valence-electron chi connectivity index (χ3n) is 10.9. The van der Waals surface area contributed by atoms with Crippen LogP contribution in [0.25, 0.3) is 0 Å². The Labute approximate surface area is 205 Å². The molecule has 4 fully saturated rings. The second-order valence-corrected chi connectivity index (χ2v) is 12.4. The fraction of sp³-hybridized carbons (Fsp3) is 0.862. The molecule has 0 bridgehead atoms. The summed E-state index contributed by atoms with van der Waals surface area (Å²) in [6, 6.07) is 0. The Kier molecular flexibility index (Phi) is 6.50. The Morgan fingerprint density at radius 2 is 1.82 bits per heavy atom. The monoisotopic (exact) mass is 472 g/mol. The Morgan fingerprint density at radius 3 is 2.53 bits per heavy atom. The third-order valence-corrected chi connectivity index (χ3v) is 10.9. The minimum atomic E-state index is -0.394. The van der Waals surface area contributed by atoms with Gasteiger partial charge in [0.1, 0.15) is 6.61 Å². The molecule has 0 N–H and O–H groups in total. The average molecular weight is 473 g/mol. The molecule has 5 nitrogen and oxygen atoms in total. The zero-order valence-corrected chi connectivity index (χ0v) is 21.7. The van der Waals surface area contributed by atoms with Crippen LogP contribution in [-0.2, 0) is 23.8 Å². The molecule has 34 heavy (non-hydrogen) atoms. The van der Waals surface area contributed by atoms with Crippen LogP contribution < -0.4 is 0 Å². The molecule has 2 unspecified atom stereocenters. The van der Waals surface area contributed by atoms with Crippen LogP contribution in [0.5, 0.6) is 0 Å². The number of fused-ring (bicyclic) bond motifs is 5. The highest BCUT2D eigenvalue weighted by Gasteiger charge is 2.63. The lowest BCUT2D eigenvalue weighted by Gasteiger charge is -2.60. The van der Waals surface area contributed by atoms with Gasteiger partial charge in [-0.15, -0.1) is 0 Å². The van der Waals surface area contributed by atoms with Crippen molar-refractivity contribution in [3.63, 3.8) is 0 Å². The van der Waals surface area contributed by atoms with Gasteiger partial charge in [-0.1, -0.05) is 25.8 Å².